The fourth-order valence-corrected chi connectivity index (χ4v) is 4.42. The summed E-state index contributed by atoms with van der Waals surface area (Å²) in [6, 6.07) is 3.31. The number of nitrogens with zero attached hydrogens (tertiary/aromatic N) is 2. The molecule has 1 heterocycles. The molecule has 0 spiro atoms. The van der Waals surface area contributed by atoms with Gasteiger partial charge in [0.05, 0.1) is 16.5 Å². The Morgan fingerprint density at radius 3 is 2.18 bits per heavy atom. The maximum absolute atomic E-state index is 12.9. The van der Waals surface area contributed by atoms with Crippen LogP contribution >= 0.6 is 0 Å². The fourth-order valence-electron chi connectivity index (χ4n) is 2.95. The van der Waals surface area contributed by atoms with Crippen molar-refractivity contribution in [2.24, 2.45) is 0 Å². The summed E-state index contributed by atoms with van der Waals surface area (Å²) in [6.45, 7) is 8.20. The van der Waals surface area contributed by atoms with Gasteiger partial charge >= 0.3 is 6.18 Å². The second-order valence-corrected chi connectivity index (χ2v) is 9.82. The highest BCUT2D eigenvalue weighted by Gasteiger charge is 2.35. The molecule has 1 atom stereocenters. The van der Waals surface area contributed by atoms with Gasteiger partial charge in [0, 0.05) is 31.7 Å². The van der Waals surface area contributed by atoms with Gasteiger partial charge in [-0.1, -0.05) is 6.07 Å². The van der Waals surface area contributed by atoms with E-state index in [-0.39, 0.29) is 29.4 Å². The Bertz CT molecular complexity index is 811. The molecule has 158 valence electrons. The summed E-state index contributed by atoms with van der Waals surface area (Å²) in [5, 5.41) is 2.88. The molecule has 1 aromatic carbocycles. The van der Waals surface area contributed by atoms with Gasteiger partial charge < -0.3 is 5.32 Å². The average Bonchev–Trinajstić information content (AvgIpc) is 2.59. The third-order valence-corrected chi connectivity index (χ3v) is 6.39. The topological polar surface area (TPSA) is 69.7 Å². The van der Waals surface area contributed by atoms with E-state index < -0.39 is 27.8 Å². The molecule has 2 rings (SSSR count). The summed E-state index contributed by atoms with van der Waals surface area (Å²) >= 11 is 0. The van der Waals surface area contributed by atoms with E-state index in [1.165, 1.54) is 0 Å². The smallest absolute Gasteiger partial charge is 0.350 e. The molecule has 0 aromatic heterocycles. The zero-order valence-electron chi connectivity index (χ0n) is 16.4. The maximum Gasteiger partial charge on any atom is 0.416 e. The normalized spacial score (nSPS) is 18.7. The largest absolute Gasteiger partial charge is 0.416 e. The summed E-state index contributed by atoms with van der Waals surface area (Å²) in [4.78, 5) is 13.8. The SMILES string of the molecule is C[C@H](C(=O)NC(C)(C)C)N1CCN(S(=O)(=O)c2cccc(C(F)(F)F)c2)CC1. The average molecular weight is 421 g/mol. The van der Waals surface area contributed by atoms with Crippen LogP contribution in [0.2, 0.25) is 0 Å². The Morgan fingerprint density at radius 1 is 1.11 bits per heavy atom. The number of sulfonamides is 1. The standard InChI is InChI=1S/C18H26F3N3O3S/c1-13(16(25)22-17(2,3)4)23-8-10-24(11-9-23)28(26,27)15-7-5-6-14(12-15)18(19,20)21/h5-7,12-13H,8-11H2,1-4H3,(H,22,25)/t13-/m1/s1. The first-order valence-electron chi connectivity index (χ1n) is 8.95. The molecule has 6 nitrogen and oxygen atoms in total. The van der Waals surface area contributed by atoms with E-state index in [9.17, 15) is 26.4 Å². The second kappa shape index (κ2) is 8.00. The van der Waals surface area contributed by atoms with Crippen molar-refractivity contribution in [1.82, 2.24) is 14.5 Å². The molecule has 0 radical (unpaired) electrons. The minimum absolute atomic E-state index is 0.103. The van der Waals surface area contributed by atoms with Crippen molar-refractivity contribution in [3.63, 3.8) is 0 Å². The van der Waals surface area contributed by atoms with E-state index in [1.54, 1.807) is 6.92 Å². The summed E-state index contributed by atoms with van der Waals surface area (Å²) in [7, 11) is -4.04. The number of amides is 1. The van der Waals surface area contributed by atoms with Crippen LogP contribution in [0.25, 0.3) is 0 Å². The molecule has 1 aliphatic rings. The molecule has 10 heteroatoms. The van der Waals surface area contributed by atoms with E-state index in [0.717, 1.165) is 22.5 Å². The van der Waals surface area contributed by atoms with Crippen LogP contribution in [0, 0.1) is 0 Å². The first-order chi connectivity index (χ1) is 12.7. The second-order valence-electron chi connectivity index (χ2n) is 7.88. The zero-order chi connectivity index (χ0) is 21.3. The number of carbonyl (C=O) groups excluding carboxylic acids is 1. The molecule has 1 aliphatic heterocycles. The lowest BCUT2D eigenvalue weighted by atomic mass is 10.1. The van der Waals surface area contributed by atoms with Gasteiger partial charge in [0.1, 0.15) is 0 Å². The number of benzene rings is 1. The van der Waals surface area contributed by atoms with Crippen molar-refractivity contribution in [2.75, 3.05) is 26.2 Å². The number of piperazine rings is 1. The Kier molecular flexibility index (Phi) is 6.47. The Hall–Kier alpha value is -1.65. The molecule has 0 saturated carbocycles. The number of nitrogens with one attached hydrogen (secondary N) is 1. The van der Waals surface area contributed by atoms with Crippen molar-refractivity contribution < 1.29 is 26.4 Å². The molecule has 0 aliphatic carbocycles. The Balaban J connectivity index is 2.07. The highest BCUT2D eigenvalue weighted by atomic mass is 32.2. The third kappa shape index (κ3) is 5.45. The molecule has 28 heavy (non-hydrogen) atoms. The van der Waals surface area contributed by atoms with Gasteiger partial charge in [-0.3, -0.25) is 9.69 Å². The summed E-state index contributed by atoms with van der Waals surface area (Å²) in [5.41, 5.74) is -1.38. The highest BCUT2D eigenvalue weighted by Crippen LogP contribution is 2.31. The predicted octanol–water partition coefficient (Wildman–Crippen LogP) is 2.31. The first kappa shape index (κ1) is 22.6. The molecule has 1 fully saturated rings. The molecular weight excluding hydrogens is 395 g/mol. The van der Waals surface area contributed by atoms with E-state index >= 15 is 0 Å². The zero-order valence-corrected chi connectivity index (χ0v) is 17.2. The van der Waals surface area contributed by atoms with Crippen molar-refractivity contribution in [3.8, 4) is 0 Å². The van der Waals surface area contributed by atoms with Crippen molar-refractivity contribution in [1.29, 1.82) is 0 Å². The van der Waals surface area contributed by atoms with Crippen LogP contribution < -0.4 is 5.32 Å². The third-order valence-electron chi connectivity index (χ3n) is 4.50. The quantitative estimate of drug-likeness (QED) is 0.810. The maximum atomic E-state index is 12.9. The minimum atomic E-state index is -4.61. The fraction of sp³-hybridized carbons (Fsp3) is 0.611. The lowest BCUT2D eigenvalue weighted by molar-refractivity contribution is -0.137. The molecule has 1 amide bonds. The Labute approximate surface area is 163 Å². The van der Waals surface area contributed by atoms with Crippen LogP contribution in [0.1, 0.15) is 33.3 Å². The lowest BCUT2D eigenvalue weighted by Crippen LogP contribution is -2.56. The molecule has 0 unspecified atom stereocenters. The number of halogens is 3. The molecule has 1 saturated heterocycles. The van der Waals surface area contributed by atoms with Crippen LogP contribution in [-0.4, -0.2) is 61.3 Å². The van der Waals surface area contributed by atoms with Gasteiger partial charge in [-0.2, -0.15) is 17.5 Å². The van der Waals surface area contributed by atoms with Gasteiger partial charge in [0.2, 0.25) is 15.9 Å². The van der Waals surface area contributed by atoms with Gasteiger partial charge in [-0.25, -0.2) is 8.42 Å². The van der Waals surface area contributed by atoms with Crippen LogP contribution in [0.4, 0.5) is 13.2 Å². The van der Waals surface area contributed by atoms with Gasteiger partial charge in [0.25, 0.3) is 0 Å². The summed E-state index contributed by atoms with van der Waals surface area (Å²) in [5.74, 6) is -0.151. The monoisotopic (exact) mass is 421 g/mol. The van der Waals surface area contributed by atoms with E-state index in [4.69, 9.17) is 0 Å². The molecule has 1 aromatic rings. The number of hydrogen-bond donors (Lipinski definition) is 1. The van der Waals surface area contributed by atoms with E-state index in [2.05, 4.69) is 5.32 Å². The first-order valence-corrected chi connectivity index (χ1v) is 10.4. The van der Waals surface area contributed by atoms with Crippen molar-refractivity contribution in [2.45, 2.75) is 50.3 Å². The van der Waals surface area contributed by atoms with Crippen molar-refractivity contribution in [3.05, 3.63) is 29.8 Å². The van der Waals surface area contributed by atoms with Gasteiger partial charge in [0.15, 0.2) is 0 Å². The lowest BCUT2D eigenvalue weighted by Gasteiger charge is -2.37. The minimum Gasteiger partial charge on any atom is -0.350 e. The number of alkyl halides is 3. The predicted molar refractivity (Wildman–Crippen MR) is 99.1 cm³/mol. The van der Waals surface area contributed by atoms with Crippen LogP contribution in [0.5, 0.6) is 0 Å². The number of carbonyl (C=O) groups is 1. The van der Waals surface area contributed by atoms with Crippen LogP contribution in [0.15, 0.2) is 29.2 Å². The van der Waals surface area contributed by atoms with E-state index in [0.29, 0.717) is 19.2 Å². The summed E-state index contributed by atoms with van der Waals surface area (Å²) in [6.07, 6.45) is -4.61. The Morgan fingerprint density at radius 2 is 1.68 bits per heavy atom. The molecular formula is C18H26F3N3O3S. The molecule has 0 bridgehead atoms. The van der Waals surface area contributed by atoms with Crippen LogP contribution in [-0.2, 0) is 21.0 Å². The number of rotatable bonds is 4. The van der Waals surface area contributed by atoms with Crippen LogP contribution in [0.3, 0.4) is 0 Å². The van der Waals surface area contributed by atoms with Gasteiger partial charge in [-0.15, -0.1) is 0 Å². The summed E-state index contributed by atoms with van der Waals surface area (Å²) < 4.78 is 65.2. The molecule has 1 N–H and O–H groups in total. The number of hydrogen-bond acceptors (Lipinski definition) is 4. The highest BCUT2D eigenvalue weighted by molar-refractivity contribution is 7.89. The van der Waals surface area contributed by atoms with Crippen molar-refractivity contribution >= 4 is 15.9 Å². The van der Waals surface area contributed by atoms with E-state index in [1.807, 2.05) is 25.7 Å². The van der Waals surface area contributed by atoms with Gasteiger partial charge in [-0.05, 0) is 45.9 Å².